The van der Waals surface area contributed by atoms with Gasteiger partial charge in [0, 0.05) is 0 Å². The predicted molar refractivity (Wildman–Crippen MR) is 54.6 cm³/mol. The van der Waals surface area contributed by atoms with Crippen LogP contribution in [0.15, 0.2) is 0 Å². The van der Waals surface area contributed by atoms with Gasteiger partial charge >= 0.3 is 0 Å². The molecule has 0 saturated heterocycles. The fourth-order valence-electron chi connectivity index (χ4n) is 1.96. The fourth-order valence-corrected chi connectivity index (χ4v) is 2.76. The highest BCUT2D eigenvalue weighted by Gasteiger charge is 2.19. The van der Waals surface area contributed by atoms with Crippen LogP contribution >= 0.6 is 22.6 Å². The number of alkyl halides is 1. The van der Waals surface area contributed by atoms with Gasteiger partial charge in [-0.1, -0.05) is 55.2 Å². The summed E-state index contributed by atoms with van der Waals surface area (Å²) in [4.78, 5) is 0. The van der Waals surface area contributed by atoms with Crippen molar-refractivity contribution in [2.75, 3.05) is 4.43 Å². The molecule has 1 aliphatic rings. The minimum Gasteiger partial charge on any atom is -0.0864 e. The zero-order valence-corrected chi connectivity index (χ0v) is 8.93. The van der Waals surface area contributed by atoms with Gasteiger partial charge in [0.05, 0.1) is 0 Å². The molecule has 0 spiro atoms. The Morgan fingerprint density at radius 3 is 2.60 bits per heavy atom. The number of halogens is 1. The van der Waals surface area contributed by atoms with E-state index in [2.05, 4.69) is 29.5 Å². The average molecular weight is 252 g/mol. The van der Waals surface area contributed by atoms with Crippen LogP contribution in [0.1, 0.15) is 39.0 Å². The van der Waals surface area contributed by atoms with Crippen molar-refractivity contribution in [2.24, 2.45) is 11.8 Å². The molecule has 0 bridgehead atoms. The average Bonchev–Trinajstić information content (AvgIpc) is 1.94. The van der Waals surface area contributed by atoms with Crippen LogP contribution in [0.25, 0.3) is 0 Å². The van der Waals surface area contributed by atoms with Crippen LogP contribution in [-0.2, 0) is 0 Å². The molecule has 0 heterocycles. The standard InChI is InChI=1S/C9H17I/c1-8-4-2-3-5-9(8)6-7-10/h8-9H,2-7H2,1H3. The Labute approximate surface area is 77.9 Å². The Kier molecular flexibility index (Phi) is 4.04. The molecule has 10 heavy (non-hydrogen) atoms. The van der Waals surface area contributed by atoms with E-state index in [-0.39, 0.29) is 0 Å². The topological polar surface area (TPSA) is 0 Å². The normalized spacial score (nSPS) is 34.2. The molecule has 1 aliphatic carbocycles. The molecule has 2 unspecified atom stereocenters. The van der Waals surface area contributed by atoms with Gasteiger partial charge in [0.1, 0.15) is 0 Å². The molecule has 0 aliphatic heterocycles. The van der Waals surface area contributed by atoms with Crippen LogP contribution in [-0.4, -0.2) is 4.43 Å². The summed E-state index contributed by atoms with van der Waals surface area (Å²) in [6.45, 7) is 2.43. The summed E-state index contributed by atoms with van der Waals surface area (Å²) >= 11 is 2.50. The molecule has 0 aromatic heterocycles. The molecule has 1 fully saturated rings. The third-order valence-electron chi connectivity index (χ3n) is 2.77. The second-order valence-corrected chi connectivity index (χ2v) is 4.58. The Morgan fingerprint density at radius 1 is 1.30 bits per heavy atom. The molecule has 0 radical (unpaired) electrons. The molecule has 2 atom stereocenters. The molecule has 1 rings (SSSR count). The van der Waals surface area contributed by atoms with Crippen molar-refractivity contribution in [3.05, 3.63) is 0 Å². The van der Waals surface area contributed by atoms with E-state index in [1.54, 1.807) is 0 Å². The van der Waals surface area contributed by atoms with E-state index in [9.17, 15) is 0 Å². The summed E-state index contributed by atoms with van der Waals surface area (Å²) in [5.41, 5.74) is 0. The summed E-state index contributed by atoms with van der Waals surface area (Å²) in [5, 5.41) is 0. The number of rotatable bonds is 2. The molecular formula is C9H17I. The lowest BCUT2D eigenvalue weighted by Crippen LogP contribution is -2.16. The molecule has 0 aromatic carbocycles. The highest BCUT2D eigenvalue weighted by molar-refractivity contribution is 14.1. The highest BCUT2D eigenvalue weighted by atomic mass is 127. The quantitative estimate of drug-likeness (QED) is 0.520. The molecule has 0 N–H and O–H groups in total. The van der Waals surface area contributed by atoms with Crippen molar-refractivity contribution >= 4 is 22.6 Å². The van der Waals surface area contributed by atoms with Crippen LogP contribution in [0.3, 0.4) is 0 Å². The third-order valence-corrected chi connectivity index (χ3v) is 3.39. The number of hydrogen-bond acceptors (Lipinski definition) is 0. The molecule has 1 heteroatoms. The van der Waals surface area contributed by atoms with Crippen molar-refractivity contribution < 1.29 is 0 Å². The lowest BCUT2D eigenvalue weighted by molar-refractivity contribution is 0.252. The van der Waals surface area contributed by atoms with Crippen LogP contribution in [0.4, 0.5) is 0 Å². The van der Waals surface area contributed by atoms with Crippen LogP contribution in [0.5, 0.6) is 0 Å². The zero-order valence-electron chi connectivity index (χ0n) is 6.78. The van der Waals surface area contributed by atoms with Gasteiger partial charge in [-0.3, -0.25) is 0 Å². The lowest BCUT2D eigenvalue weighted by atomic mass is 9.79. The molecular weight excluding hydrogens is 235 g/mol. The molecule has 1 saturated carbocycles. The monoisotopic (exact) mass is 252 g/mol. The van der Waals surface area contributed by atoms with Gasteiger partial charge in [0.25, 0.3) is 0 Å². The van der Waals surface area contributed by atoms with Crippen molar-refractivity contribution in [2.45, 2.75) is 39.0 Å². The van der Waals surface area contributed by atoms with Gasteiger partial charge in [-0.2, -0.15) is 0 Å². The Hall–Kier alpha value is 0.730. The first-order valence-electron chi connectivity index (χ1n) is 4.40. The fraction of sp³-hybridized carbons (Fsp3) is 1.00. The molecule has 0 amide bonds. The van der Waals surface area contributed by atoms with Crippen LogP contribution in [0.2, 0.25) is 0 Å². The van der Waals surface area contributed by atoms with Gasteiger partial charge in [0.15, 0.2) is 0 Å². The number of hydrogen-bond donors (Lipinski definition) is 0. The van der Waals surface area contributed by atoms with Crippen molar-refractivity contribution in [1.29, 1.82) is 0 Å². The summed E-state index contributed by atoms with van der Waals surface area (Å²) in [5.74, 6) is 2.08. The van der Waals surface area contributed by atoms with E-state index >= 15 is 0 Å². The van der Waals surface area contributed by atoms with Crippen molar-refractivity contribution in [1.82, 2.24) is 0 Å². The summed E-state index contributed by atoms with van der Waals surface area (Å²) in [7, 11) is 0. The molecule has 0 aromatic rings. The van der Waals surface area contributed by atoms with Crippen molar-refractivity contribution in [3.63, 3.8) is 0 Å². The maximum Gasteiger partial charge on any atom is -0.000199 e. The van der Waals surface area contributed by atoms with Crippen LogP contribution < -0.4 is 0 Å². The van der Waals surface area contributed by atoms with Gasteiger partial charge in [-0.25, -0.2) is 0 Å². The third kappa shape index (κ3) is 2.40. The summed E-state index contributed by atoms with van der Waals surface area (Å²) in [6.07, 6.45) is 7.43. The lowest BCUT2D eigenvalue weighted by Gasteiger charge is -2.27. The Bertz CT molecular complexity index is 88.7. The molecule has 0 nitrogen and oxygen atoms in total. The molecule has 60 valence electrons. The van der Waals surface area contributed by atoms with Crippen LogP contribution in [0, 0.1) is 11.8 Å². The van der Waals surface area contributed by atoms with Gasteiger partial charge in [-0.15, -0.1) is 0 Å². The van der Waals surface area contributed by atoms with E-state index in [1.165, 1.54) is 36.5 Å². The van der Waals surface area contributed by atoms with Crippen molar-refractivity contribution in [3.8, 4) is 0 Å². The summed E-state index contributed by atoms with van der Waals surface area (Å²) < 4.78 is 1.35. The SMILES string of the molecule is CC1CCCCC1CCI. The second kappa shape index (κ2) is 4.58. The van der Waals surface area contributed by atoms with Gasteiger partial charge in [0.2, 0.25) is 0 Å². The summed E-state index contributed by atoms with van der Waals surface area (Å²) in [6, 6.07) is 0. The maximum atomic E-state index is 2.50. The minimum absolute atomic E-state index is 1.02. The van der Waals surface area contributed by atoms with E-state index < -0.39 is 0 Å². The van der Waals surface area contributed by atoms with E-state index in [0.29, 0.717) is 0 Å². The highest BCUT2D eigenvalue weighted by Crippen LogP contribution is 2.31. The smallest absolute Gasteiger partial charge is 0.000199 e. The maximum absolute atomic E-state index is 2.50. The second-order valence-electron chi connectivity index (χ2n) is 3.50. The Morgan fingerprint density at radius 2 is 2.00 bits per heavy atom. The first-order chi connectivity index (χ1) is 4.84. The minimum atomic E-state index is 1.02. The van der Waals surface area contributed by atoms with E-state index in [1.807, 2.05) is 0 Å². The Balaban J connectivity index is 2.25. The zero-order chi connectivity index (χ0) is 7.40. The van der Waals surface area contributed by atoms with Gasteiger partial charge < -0.3 is 0 Å². The van der Waals surface area contributed by atoms with Gasteiger partial charge in [-0.05, 0) is 22.7 Å². The van der Waals surface area contributed by atoms with E-state index in [4.69, 9.17) is 0 Å². The predicted octanol–water partition coefficient (Wildman–Crippen LogP) is 3.64. The van der Waals surface area contributed by atoms with E-state index in [0.717, 1.165) is 11.8 Å². The first kappa shape index (κ1) is 8.82. The first-order valence-corrected chi connectivity index (χ1v) is 5.93. The largest absolute Gasteiger partial charge is 0.0864 e.